The summed E-state index contributed by atoms with van der Waals surface area (Å²) in [6.45, 7) is 9.49. The highest BCUT2D eigenvalue weighted by Crippen LogP contribution is 2.43. The van der Waals surface area contributed by atoms with Crippen molar-refractivity contribution < 1.29 is 38.0 Å². The third-order valence-electron chi connectivity index (χ3n) is 14.4. The molecule has 0 spiro atoms. The molecule has 1 N–H and O–H groups in total. The molecular weight excluding hydrogens is 901 g/mol. The number of methoxy groups -OCH3 is 4. The number of aromatic nitrogens is 6. The number of hydrogen-bond acceptors (Lipinski definition) is 12. The number of pyridine rings is 2. The number of carbonyl (C=O) groups excluding carboxylic acids is 2. The molecule has 2 aliphatic heterocycles. The molecule has 2 aliphatic carbocycles. The first-order valence-electron chi connectivity index (χ1n) is 24.6. The summed E-state index contributed by atoms with van der Waals surface area (Å²) in [6.07, 6.45) is 8.86. The van der Waals surface area contributed by atoms with E-state index in [0.29, 0.717) is 72.8 Å². The van der Waals surface area contributed by atoms with Crippen LogP contribution in [0.25, 0.3) is 44.6 Å². The molecular formula is C55H62N8O8. The topological polar surface area (TPSA) is 166 Å². The number of carbonyl (C=O) groups is 2. The molecule has 2 saturated heterocycles. The third kappa shape index (κ3) is 9.76. The smallest absolute Gasteiger partial charge is 0.241 e. The Kier molecular flexibility index (Phi) is 13.2. The lowest BCUT2D eigenvalue weighted by Gasteiger charge is -2.27. The molecule has 6 heterocycles. The SMILES string of the molecule is COc1ccc(-c2cc3ncn(C4CC4)c3c(O[C@H](C)[C@@H]3CC(=O)N([C@H](C)c4ccc(C)cc4)C3)n2)cc1OC.COc1ccc(-c2cc3ncn(C4CC4)c3c(O[C@H](C)[C@H]3CNC(=O)C3)n2)cc1OC. The molecule has 0 unspecified atom stereocenters. The minimum absolute atomic E-state index is 0.0137. The van der Waals surface area contributed by atoms with Crippen LogP contribution >= 0.6 is 0 Å². The van der Waals surface area contributed by atoms with Gasteiger partial charge in [0.15, 0.2) is 23.0 Å². The molecule has 2 amide bonds. The van der Waals surface area contributed by atoms with Gasteiger partial charge in [-0.1, -0.05) is 29.8 Å². The Morgan fingerprint density at radius 2 is 1.10 bits per heavy atom. The highest BCUT2D eigenvalue weighted by molar-refractivity contribution is 5.87. The maximum Gasteiger partial charge on any atom is 0.241 e. The van der Waals surface area contributed by atoms with E-state index in [1.165, 1.54) is 5.56 Å². The van der Waals surface area contributed by atoms with E-state index in [1.807, 2.05) is 79.9 Å². The maximum atomic E-state index is 13.1. The first-order chi connectivity index (χ1) is 34.4. The van der Waals surface area contributed by atoms with Gasteiger partial charge in [-0.2, -0.15) is 0 Å². The molecule has 3 aromatic carbocycles. The summed E-state index contributed by atoms with van der Waals surface area (Å²) in [4.78, 5) is 46.0. The molecule has 5 atom stereocenters. The highest BCUT2D eigenvalue weighted by atomic mass is 16.5. The van der Waals surface area contributed by atoms with Gasteiger partial charge in [0, 0.05) is 61.0 Å². The Labute approximate surface area is 413 Å². The van der Waals surface area contributed by atoms with Gasteiger partial charge < -0.3 is 47.8 Å². The fourth-order valence-electron chi connectivity index (χ4n) is 9.74. The monoisotopic (exact) mass is 962 g/mol. The van der Waals surface area contributed by atoms with E-state index in [1.54, 1.807) is 28.4 Å². The average Bonchev–Trinajstić information content (AvgIpc) is 4.23. The molecule has 4 fully saturated rings. The summed E-state index contributed by atoms with van der Waals surface area (Å²) in [5.41, 5.74) is 9.12. The molecule has 71 heavy (non-hydrogen) atoms. The van der Waals surface area contributed by atoms with E-state index in [0.717, 1.165) is 75.8 Å². The Balaban J connectivity index is 0.000000169. The van der Waals surface area contributed by atoms with E-state index in [2.05, 4.69) is 57.5 Å². The summed E-state index contributed by atoms with van der Waals surface area (Å²) in [6, 6.07) is 24.7. The lowest BCUT2D eigenvalue weighted by molar-refractivity contribution is -0.129. The van der Waals surface area contributed by atoms with E-state index < -0.39 is 0 Å². The van der Waals surface area contributed by atoms with Crippen LogP contribution in [0.2, 0.25) is 0 Å². The zero-order chi connectivity index (χ0) is 49.5. The van der Waals surface area contributed by atoms with Crippen molar-refractivity contribution in [1.82, 2.24) is 39.3 Å². The van der Waals surface area contributed by atoms with Crippen molar-refractivity contribution in [3.8, 4) is 57.3 Å². The first-order valence-corrected chi connectivity index (χ1v) is 24.6. The number of imidazole rings is 2. The molecule has 0 bridgehead atoms. The second kappa shape index (κ2) is 19.8. The lowest BCUT2D eigenvalue weighted by atomic mass is 10.0. The maximum absolute atomic E-state index is 13.1. The highest BCUT2D eigenvalue weighted by Gasteiger charge is 2.38. The fraction of sp³-hybridized carbons (Fsp3) is 0.418. The van der Waals surface area contributed by atoms with Gasteiger partial charge in [-0.3, -0.25) is 9.59 Å². The van der Waals surface area contributed by atoms with Crippen molar-refractivity contribution in [2.45, 2.75) is 96.6 Å². The second-order valence-electron chi connectivity index (χ2n) is 19.3. The molecule has 7 aromatic rings. The molecule has 11 rings (SSSR count). The molecule has 4 aromatic heterocycles. The summed E-state index contributed by atoms with van der Waals surface area (Å²) in [5, 5.41) is 2.89. The summed E-state index contributed by atoms with van der Waals surface area (Å²) in [7, 11) is 6.47. The number of ether oxygens (including phenoxy) is 6. The van der Waals surface area contributed by atoms with Gasteiger partial charge in [-0.15, -0.1) is 0 Å². The van der Waals surface area contributed by atoms with Gasteiger partial charge in [0.1, 0.15) is 23.2 Å². The quantitative estimate of drug-likeness (QED) is 0.0977. The molecule has 2 saturated carbocycles. The fourth-order valence-corrected chi connectivity index (χ4v) is 9.74. The Hall–Kier alpha value is -7.36. The predicted octanol–water partition coefficient (Wildman–Crippen LogP) is 9.49. The van der Waals surface area contributed by atoms with E-state index in [4.69, 9.17) is 43.4 Å². The van der Waals surface area contributed by atoms with Crippen LogP contribution < -0.4 is 33.7 Å². The number of amides is 2. The summed E-state index contributed by atoms with van der Waals surface area (Å²) in [5.74, 6) is 4.10. The van der Waals surface area contributed by atoms with Crippen molar-refractivity contribution in [3.63, 3.8) is 0 Å². The summed E-state index contributed by atoms with van der Waals surface area (Å²) >= 11 is 0. The van der Waals surface area contributed by atoms with Crippen molar-refractivity contribution in [2.24, 2.45) is 11.8 Å². The van der Waals surface area contributed by atoms with Gasteiger partial charge >= 0.3 is 0 Å². The third-order valence-corrected chi connectivity index (χ3v) is 14.4. The number of hydrogen-bond donors (Lipinski definition) is 1. The van der Waals surface area contributed by atoms with Crippen LogP contribution in [-0.2, 0) is 9.59 Å². The number of benzene rings is 3. The van der Waals surface area contributed by atoms with Gasteiger partial charge in [-0.25, -0.2) is 19.9 Å². The van der Waals surface area contributed by atoms with Crippen molar-refractivity contribution in [2.75, 3.05) is 41.5 Å². The Morgan fingerprint density at radius 3 is 1.55 bits per heavy atom. The number of likely N-dealkylation sites (tertiary alicyclic amines) is 1. The van der Waals surface area contributed by atoms with E-state index in [-0.39, 0.29) is 41.9 Å². The van der Waals surface area contributed by atoms with Crippen LogP contribution in [0.3, 0.4) is 0 Å². The van der Waals surface area contributed by atoms with Gasteiger partial charge in [0.25, 0.3) is 0 Å². The first kappa shape index (κ1) is 47.3. The van der Waals surface area contributed by atoms with Crippen molar-refractivity contribution in [1.29, 1.82) is 0 Å². The molecule has 4 aliphatic rings. The molecule has 0 radical (unpaired) electrons. The van der Waals surface area contributed by atoms with Crippen LogP contribution in [-0.4, -0.2) is 99.5 Å². The lowest BCUT2D eigenvalue weighted by Crippen LogP contribution is -2.31. The minimum atomic E-state index is -0.210. The minimum Gasteiger partial charge on any atom is -0.493 e. The molecule has 16 heteroatoms. The van der Waals surface area contributed by atoms with Crippen LogP contribution in [0.4, 0.5) is 0 Å². The standard InChI is InChI=1S/C32H36N4O4.C23H26N4O4/c1-19-6-8-22(9-7-19)20(2)35-17-24(15-30(35)37)21(3)40-32-31-27(33-18-36(31)25-11-12-25)16-26(34-32)23-10-13-28(38-4)29(14-23)39-5;1-13(15-9-21(28)24-11-15)31-23-22-18(25-12-27(22)16-5-6-16)10-17(26-23)14-4-7-19(29-2)20(8-14)30-3/h6-10,13-14,16,18,20-21,24-25H,11-12,15,17H2,1-5H3;4,7-8,10,12-13,15-16H,5-6,9,11H2,1-3H3,(H,24,28)/t20-,21-,24-;13-,15-/m11/s1. The van der Waals surface area contributed by atoms with Crippen LogP contribution in [0.15, 0.2) is 85.5 Å². The van der Waals surface area contributed by atoms with Crippen LogP contribution in [0.5, 0.6) is 34.8 Å². The van der Waals surface area contributed by atoms with E-state index in [9.17, 15) is 9.59 Å². The number of aryl methyl sites for hydroxylation is 1. The number of rotatable bonds is 16. The van der Waals surface area contributed by atoms with Crippen LogP contribution in [0.1, 0.15) is 88.5 Å². The van der Waals surface area contributed by atoms with E-state index >= 15 is 0 Å². The zero-order valence-corrected chi connectivity index (χ0v) is 41.7. The van der Waals surface area contributed by atoms with Crippen molar-refractivity contribution >= 4 is 33.9 Å². The van der Waals surface area contributed by atoms with Gasteiger partial charge in [0.05, 0.1) is 69.6 Å². The molecule has 370 valence electrons. The van der Waals surface area contributed by atoms with Gasteiger partial charge in [0.2, 0.25) is 23.6 Å². The number of fused-ring (bicyclic) bond motifs is 2. The van der Waals surface area contributed by atoms with Crippen LogP contribution in [0, 0.1) is 18.8 Å². The normalized spacial score (nSPS) is 19.0. The largest absolute Gasteiger partial charge is 0.493 e. The zero-order valence-electron chi connectivity index (χ0n) is 41.7. The summed E-state index contributed by atoms with van der Waals surface area (Å²) < 4.78 is 39.1. The molecule has 16 nitrogen and oxygen atoms in total. The average molecular weight is 963 g/mol. The van der Waals surface area contributed by atoms with Crippen molar-refractivity contribution in [3.05, 3.63) is 96.6 Å². The number of nitrogens with zero attached hydrogens (tertiary/aromatic N) is 7. The predicted molar refractivity (Wildman–Crippen MR) is 269 cm³/mol. The Bertz CT molecular complexity index is 3090. The van der Waals surface area contributed by atoms with Gasteiger partial charge in [-0.05, 0) is 107 Å². The number of nitrogens with one attached hydrogen (secondary N) is 1. The second-order valence-corrected chi connectivity index (χ2v) is 19.3. The Morgan fingerprint density at radius 1 is 0.606 bits per heavy atom.